The summed E-state index contributed by atoms with van der Waals surface area (Å²) < 4.78 is 0. The van der Waals surface area contributed by atoms with Gasteiger partial charge in [-0.05, 0) is 20.0 Å². The molecule has 53 valence electrons. The van der Waals surface area contributed by atoms with Gasteiger partial charge in [-0.15, -0.1) is 0 Å². The van der Waals surface area contributed by atoms with Gasteiger partial charge in [-0.1, -0.05) is 6.92 Å². The molecule has 2 heteroatoms. The average Bonchev–Trinajstić information content (AvgIpc) is 2.13. The minimum atomic E-state index is 0.699. The standard InChI is InChI=1S/C7H15N2/c1-6-4-8-5-7(6)9(2)3/h6-7H,4-5H2,1-3H3. The van der Waals surface area contributed by atoms with Crippen molar-refractivity contribution in [1.29, 1.82) is 0 Å². The molecule has 0 aliphatic carbocycles. The van der Waals surface area contributed by atoms with Crippen molar-refractivity contribution in [3.63, 3.8) is 0 Å². The molecule has 0 aromatic heterocycles. The van der Waals surface area contributed by atoms with Gasteiger partial charge in [-0.3, -0.25) is 0 Å². The molecule has 1 aliphatic rings. The third-order valence-corrected chi connectivity index (χ3v) is 2.05. The molecular formula is C7H15N2. The first-order valence-electron chi connectivity index (χ1n) is 3.51. The Morgan fingerprint density at radius 1 is 1.33 bits per heavy atom. The third-order valence-electron chi connectivity index (χ3n) is 2.05. The van der Waals surface area contributed by atoms with Gasteiger partial charge in [-0.2, -0.15) is 0 Å². The summed E-state index contributed by atoms with van der Waals surface area (Å²) in [5.41, 5.74) is 0. The van der Waals surface area contributed by atoms with E-state index >= 15 is 0 Å². The summed E-state index contributed by atoms with van der Waals surface area (Å²) >= 11 is 0. The zero-order valence-electron chi connectivity index (χ0n) is 6.46. The van der Waals surface area contributed by atoms with Crippen molar-refractivity contribution in [3.8, 4) is 0 Å². The lowest BCUT2D eigenvalue weighted by Gasteiger charge is -2.21. The van der Waals surface area contributed by atoms with E-state index in [2.05, 4.69) is 31.2 Å². The molecule has 0 N–H and O–H groups in total. The van der Waals surface area contributed by atoms with Crippen molar-refractivity contribution in [2.45, 2.75) is 13.0 Å². The molecule has 1 rings (SSSR count). The maximum Gasteiger partial charge on any atom is 0.0292 e. The summed E-state index contributed by atoms with van der Waals surface area (Å²) in [5, 5.41) is 4.33. The van der Waals surface area contributed by atoms with E-state index in [0.717, 1.165) is 19.0 Å². The summed E-state index contributed by atoms with van der Waals surface area (Å²) in [5.74, 6) is 0.764. The van der Waals surface area contributed by atoms with E-state index in [9.17, 15) is 0 Å². The molecule has 0 saturated carbocycles. The molecule has 9 heavy (non-hydrogen) atoms. The average molecular weight is 127 g/mol. The Hall–Kier alpha value is -0.0800. The van der Waals surface area contributed by atoms with Gasteiger partial charge < -0.3 is 4.90 Å². The first kappa shape index (κ1) is 7.03. The quantitative estimate of drug-likeness (QED) is 0.491. The van der Waals surface area contributed by atoms with Gasteiger partial charge in [0.05, 0.1) is 0 Å². The molecule has 1 fully saturated rings. The highest BCUT2D eigenvalue weighted by atomic mass is 15.2. The summed E-state index contributed by atoms with van der Waals surface area (Å²) in [6.07, 6.45) is 0. The summed E-state index contributed by atoms with van der Waals surface area (Å²) in [6, 6.07) is 0.699. The van der Waals surface area contributed by atoms with Gasteiger partial charge in [0.1, 0.15) is 0 Å². The Balaban J connectivity index is 2.40. The fraction of sp³-hybridized carbons (Fsp3) is 1.00. The minimum absolute atomic E-state index is 0.699. The summed E-state index contributed by atoms with van der Waals surface area (Å²) in [6.45, 7) is 4.36. The van der Waals surface area contributed by atoms with Crippen LogP contribution in [0.4, 0.5) is 0 Å². The molecule has 1 heterocycles. The largest absolute Gasteiger partial charge is 0.305 e. The zero-order chi connectivity index (χ0) is 6.85. The van der Waals surface area contributed by atoms with Gasteiger partial charge in [0.25, 0.3) is 0 Å². The van der Waals surface area contributed by atoms with Crippen LogP contribution in [-0.2, 0) is 0 Å². The molecule has 0 aromatic carbocycles. The lowest BCUT2D eigenvalue weighted by Crippen LogP contribution is -2.33. The van der Waals surface area contributed by atoms with E-state index in [1.807, 2.05) is 0 Å². The first-order chi connectivity index (χ1) is 4.22. The zero-order valence-corrected chi connectivity index (χ0v) is 6.46. The molecule has 2 atom stereocenters. The Morgan fingerprint density at radius 3 is 2.22 bits per heavy atom. The van der Waals surface area contributed by atoms with E-state index in [1.54, 1.807) is 0 Å². The second-order valence-corrected chi connectivity index (χ2v) is 3.10. The maximum atomic E-state index is 4.33. The fourth-order valence-corrected chi connectivity index (χ4v) is 1.38. The highest BCUT2D eigenvalue weighted by Crippen LogP contribution is 2.12. The lowest BCUT2D eigenvalue weighted by molar-refractivity contribution is 0.265. The highest BCUT2D eigenvalue weighted by molar-refractivity contribution is 4.82. The van der Waals surface area contributed by atoms with Crippen molar-refractivity contribution in [1.82, 2.24) is 10.2 Å². The van der Waals surface area contributed by atoms with Crippen LogP contribution in [0.5, 0.6) is 0 Å². The molecule has 2 nitrogen and oxygen atoms in total. The van der Waals surface area contributed by atoms with Crippen LogP contribution in [0.2, 0.25) is 0 Å². The predicted octanol–water partition coefficient (Wildman–Crippen LogP) is 0.171. The van der Waals surface area contributed by atoms with Crippen molar-refractivity contribution in [2.24, 2.45) is 5.92 Å². The van der Waals surface area contributed by atoms with Crippen LogP contribution < -0.4 is 5.32 Å². The van der Waals surface area contributed by atoms with Crippen molar-refractivity contribution in [2.75, 3.05) is 27.2 Å². The number of likely N-dealkylation sites (N-methyl/N-ethyl adjacent to an activating group) is 1. The minimum Gasteiger partial charge on any atom is -0.305 e. The van der Waals surface area contributed by atoms with E-state index in [-0.39, 0.29) is 0 Å². The molecule has 1 radical (unpaired) electrons. The molecule has 0 bridgehead atoms. The van der Waals surface area contributed by atoms with Gasteiger partial charge in [0.15, 0.2) is 0 Å². The van der Waals surface area contributed by atoms with Crippen LogP contribution in [0, 0.1) is 5.92 Å². The highest BCUT2D eigenvalue weighted by Gasteiger charge is 2.24. The molecule has 2 unspecified atom stereocenters. The van der Waals surface area contributed by atoms with Gasteiger partial charge >= 0.3 is 0 Å². The second kappa shape index (κ2) is 2.67. The van der Waals surface area contributed by atoms with Crippen molar-refractivity contribution < 1.29 is 0 Å². The number of rotatable bonds is 1. The topological polar surface area (TPSA) is 17.3 Å². The molecule has 0 amide bonds. The van der Waals surface area contributed by atoms with Gasteiger partial charge in [0.2, 0.25) is 0 Å². The van der Waals surface area contributed by atoms with Crippen LogP contribution in [0.15, 0.2) is 0 Å². The van der Waals surface area contributed by atoms with Crippen LogP contribution in [0.3, 0.4) is 0 Å². The van der Waals surface area contributed by atoms with Crippen LogP contribution >= 0.6 is 0 Å². The Bertz CT molecular complexity index is 90.9. The van der Waals surface area contributed by atoms with E-state index in [4.69, 9.17) is 0 Å². The van der Waals surface area contributed by atoms with Crippen molar-refractivity contribution >= 4 is 0 Å². The lowest BCUT2D eigenvalue weighted by atomic mass is 10.1. The Labute approximate surface area is 57.2 Å². The van der Waals surface area contributed by atoms with Crippen LogP contribution in [-0.4, -0.2) is 38.1 Å². The van der Waals surface area contributed by atoms with Gasteiger partial charge in [-0.25, -0.2) is 5.32 Å². The molecule has 0 aromatic rings. The number of nitrogens with zero attached hydrogens (tertiary/aromatic N) is 2. The van der Waals surface area contributed by atoms with Crippen molar-refractivity contribution in [3.05, 3.63) is 0 Å². The van der Waals surface area contributed by atoms with E-state index in [0.29, 0.717) is 6.04 Å². The second-order valence-electron chi connectivity index (χ2n) is 3.10. The number of hydrogen-bond donors (Lipinski definition) is 0. The van der Waals surface area contributed by atoms with E-state index in [1.165, 1.54) is 0 Å². The SMILES string of the molecule is CC1C[N]CC1N(C)C. The monoisotopic (exact) mass is 127 g/mol. The predicted molar refractivity (Wildman–Crippen MR) is 38.5 cm³/mol. The van der Waals surface area contributed by atoms with E-state index < -0.39 is 0 Å². The molecule has 0 spiro atoms. The van der Waals surface area contributed by atoms with Gasteiger partial charge in [0, 0.05) is 19.1 Å². The molecule has 1 aliphatic heterocycles. The van der Waals surface area contributed by atoms with Crippen LogP contribution in [0.1, 0.15) is 6.92 Å². The molecule has 1 saturated heterocycles. The smallest absolute Gasteiger partial charge is 0.0292 e. The number of hydrogen-bond acceptors (Lipinski definition) is 1. The van der Waals surface area contributed by atoms with Crippen LogP contribution in [0.25, 0.3) is 0 Å². The third kappa shape index (κ3) is 1.43. The fourth-order valence-electron chi connectivity index (χ4n) is 1.38. The first-order valence-corrected chi connectivity index (χ1v) is 3.51. The summed E-state index contributed by atoms with van der Waals surface area (Å²) in [4.78, 5) is 2.27. The maximum absolute atomic E-state index is 4.33. The Morgan fingerprint density at radius 2 is 2.00 bits per heavy atom. The molecular weight excluding hydrogens is 112 g/mol. The normalized spacial score (nSPS) is 36.0. The Kier molecular flexibility index (Phi) is 2.09. The summed E-state index contributed by atoms with van der Waals surface area (Å²) in [7, 11) is 4.25.